The van der Waals surface area contributed by atoms with Crippen molar-refractivity contribution in [3.05, 3.63) is 11.7 Å². The zero-order valence-electron chi connectivity index (χ0n) is 12.7. The van der Waals surface area contributed by atoms with E-state index in [2.05, 4.69) is 29.3 Å². The van der Waals surface area contributed by atoms with E-state index in [0.717, 1.165) is 36.2 Å². The van der Waals surface area contributed by atoms with E-state index in [1.54, 1.807) is 0 Å². The molecule has 2 rings (SSSR count). The topological polar surface area (TPSA) is 51.0 Å². The molecule has 0 bridgehead atoms. The van der Waals surface area contributed by atoms with Crippen molar-refractivity contribution in [2.45, 2.75) is 64.2 Å². The van der Waals surface area contributed by atoms with Gasteiger partial charge in [0.05, 0.1) is 5.75 Å². The van der Waals surface area contributed by atoms with E-state index in [4.69, 9.17) is 4.52 Å². The average molecular weight is 297 g/mol. The molecular formula is C15H27N3OS. The lowest BCUT2D eigenvalue weighted by atomic mass is 9.82. The van der Waals surface area contributed by atoms with Crippen LogP contribution in [-0.2, 0) is 12.2 Å². The summed E-state index contributed by atoms with van der Waals surface area (Å²) >= 11 is 1.88. The number of aromatic nitrogens is 2. The molecule has 0 spiro atoms. The molecular weight excluding hydrogens is 270 g/mol. The maximum atomic E-state index is 5.42. The smallest absolute Gasteiger partial charge is 0.227 e. The summed E-state index contributed by atoms with van der Waals surface area (Å²) < 4.78 is 5.42. The monoisotopic (exact) mass is 297 g/mol. The molecule has 2 atom stereocenters. The minimum atomic E-state index is 0.624. The quantitative estimate of drug-likeness (QED) is 0.745. The summed E-state index contributed by atoms with van der Waals surface area (Å²) in [5.74, 6) is 4.37. The van der Waals surface area contributed by atoms with Gasteiger partial charge in [0.15, 0.2) is 5.82 Å². The first-order valence-electron chi connectivity index (χ1n) is 7.96. The maximum absolute atomic E-state index is 5.42. The Morgan fingerprint density at radius 1 is 1.30 bits per heavy atom. The molecule has 1 aliphatic rings. The van der Waals surface area contributed by atoms with Crippen molar-refractivity contribution in [3.63, 3.8) is 0 Å². The van der Waals surface area contributed by atoms with Gasteiger partial charge in [0, 0.05) is 12.5 Å². The van der Waals surface area contributed by atoms with Crippen molar-refractivity contribution in [2.75, 3.05) is 12.3 Å². The molecule has 114 valence electrons. The van der Waals surface area contributed by atoms with Crippen LogP contribution >= 0.6 is 11.8 Å². The molecule has 1 aliphatic carbocycles. The number of hydrogen-bond donors (Lipinski definition) is 1. The second-order valence-corrected chi connectivity index (χ2v) is 6.67. The van der Waals surface area contributed by atoms with E-state index >= 15 is 0 Å². The van der Waals surface area contributed by atoms with Crippen LogP contribution in [0.1, 0.15) is 57.7 Å². The van der Waals surface area contributed by atoms with Gasteiger partial charge in [-0.3, -0.25) is 0 Å². The second kappa shape index (κ2) is 8.67. The van der Waals surface area contributed by atoms with Crippen molar-refractivity contribution < 1.29 is 4.52 Å². The Morgan fingerprint density at radius 2 is 2.15 bits per heavy atom. The van der Waals surface area contributed by atoms with E-state index in [1.165, 1.54) is 32.1 Å². The fourth-order valence-electron chi connectivity index (χ4n) is 2.95. The van der Waals surface area contributed by atoms with Crippen molar-refractivity contribution in [1.29, 1.82) is 0 Å². The van der Waals surface area contributed by atoms with Gasteiger partial charge in [0.25, 0.3) is 0 Å². The van der Waals surface area contributed by atoms with Gasteiger partial charge in [-0.25, -0.2) is 0 Å². The molecule has 1 aromatic heterocycles. The lowest BCUT2D eigenvalue weighted by molar-refractivity contribution is 0.242. The van der Waals surface area contributed by atoms with Crippen molar-refractivity contribution >= 4 is 11.8 Å². The molecule has 1 aromatic rings. The van der Waals surface area contributed by atoms with Crippen molar-refractivity contribution in [3.8, 4) is 0 Å². The number of rotatable bonds is 8. The van der Waals surface area contributed by atoms with E-state index in [1.807, 2.05) is 11.8 Å². The molecule has 5 heteroatoms. The number of nitrogens with zero attached hydrogens (tertiary/aromatic N) is 2. The Hall–Kier alpha value is -0.550. The molecule has 0 aliphatic heterocycles. The fraction of sp³-hybridized carbons (Fsp3) is 0.867. The fourth-order valence-corrected chi connectivity index (χ4v) is 3.68. The Kier molecular flexibility index (Phi) is 6.87. The van der Waals surface area contributed by atoms with E-state index < -0.39 is 0 Å². The van der Waals surface area contributed by atoms with E-state index in [0.29, 0.717) is 12.0 Å². The lowest BCUT2D eigenvalue weighted by Crippen LogP contribution is -2.39. The first-order chi connectivity index (χ1) is 9.83. The minimum Gasteiger partial charge on any atom is -0.339 e. The standard InChI is InChI=1S/C15H27N3OS/c1-3-9-20-11-14-17-15(19-18-14)10-12-7-5-6-8-13(12)16-4-2/h12-13,16H,3-11H2,1-2H3. The second-order valence-electron chi connectivity index (χ2n) is 5.57. The third-order valence-corrected chi connectivity index (χ3v) is 5.06. The van der Waals surface area contributed by atoms with Crippen LogP contribution in [0, 0.1) is 5.92 Å². The van der Waals surface area contributed by atoms with Gasteiger partial charge in [0.1, 0.15) is 0 Å². The third kappa shape index (κ3) is 4.77. The number of nitrogens with one attached hydrogen (secondary N) is 1. The number of hydrogen-bond acceptors (Lipinski definition) is 5. The summed E-state index contributed by atoms with van der Waals surface area (Å²) in [6, 6.07) is 0.624. The van der Waals surface area contributed by atoms with Gasteiger partial charge >= 0.3 is 0 Å². The van der Waals surface area contributed by atoms with Crippen molar-refractivity contribution in [1.82, 2.24) is 15.5 Å². The van der Waals surface area contributed by atoms with Crippen LogP contribution < -0.4 is 5.32 Å². The molecule has 20 heavy (non-hydrogen) atoms. The molecule has 0 amide bonds. The number of thioether (sulfide) groups is 1. The van der Waals surface area contributed by atoms with Gasteiger partial charge in [-0.15, -0.1) is 0 Å². The van der Waals surface area contributed by atoms with Crippen LogP contribution in [0.4, 0.5) is 0 Å². The van der Waals surface area contributed by atoms with Crippen LogP contribution in [0.2, 0.25) is 0 Å². The highest BCUT2D eigenvalue weighted by Gasteiger charge is 2.26. The predicted octanol–water partition coefficient (Wildman–Crippen LogP) is 3.42. The highest BCUT2D eigenvalue weighted by molar-refractivity contribution is 7.98. The van der Waals surface area contributed by atoms with Crippen molar-refractivity contribution in [2.24, 2.45) is 5.92 Å². The predicted molar refractivity (Wildman–Crippen MR) is 83.9 cm³/mol. The Bertz CT molecular complexity index is 381. The Labute approximate surface area is 126 Å². The van der Waals surface area contributed by atoms with Gasteiger partial charge in [-0.05, 0) is 37.5 Å². The van der Waals surface area contributed by atoms with Crippen LogP contribution in [-0.4, -0.2) is 28.5 Å². The van der Waals surface area contributed by atoms with Crippen LogP contribution in [0.5, 0.6) is 0 Å². The third-order valence-electron chi connectivity index (χ3n) is 3.90. The summed E-state index contributed by atoms with van der Waals surface area (Å²) in [7, 11) is 0. The first kappa shape index (κ1) is 15.8. The Balaban J connectivity index is 1.84. The molecule has 1 N–H and O–H groups in total. The van der Waals surface area contributed by atoms with Crippen LogP contribution in [0.25, 0.3) is 0 Å². The van der Waals surface area contributed by atoms with E-state index in [9.17, 15) is 0 Å². The van der Waals surface area contributed by atoms with E-state index in [-0.39, 0.29) is 0 Å². The first-order valence-corrected chi connectivity index (χ1v) is 9.11. The zero-order chi connectivity index (χ0) is 14.2. The van der Waals surface area contributed by atoms with Crippen LogP contribution in [0.3, 0.4) is 0 Å². The summed E-state index contributed by atoms with van der Waals surface area (Å²) in [6.07, 6.45) is 7.37. The SMILES string of the molecule is CCCSCc1noc(CC2CCCCC2NCC)n1. The minimum absolute atomic E-state index is 0.624. The zero-order valence-corrected chi connectivity index (χ0v) is 13.5. The highest BCUT2D eigenvalue weighted by atomic mass is 32.2. The summed E-state index contributed by atoms with van der Waals surface area (Å²) in [5.41, 5.74) is 0. The molecule has 1 fully saturated rings. The summed E-state index contributed by atoms with van der Waals surface area (Å²) in [4.78, 5) is 4.54. The maximum Gasteiger partial charge on any atom is 0.227 e. The summed E-state index contributed by atoms with van der Waals surface area (Å²) in [5, 5.41) is 7.71. The molecule has 0 saturated heterocycles. The largest absolute Gasteiger partial charge is 0.339 e. The van der Waals surface area contributed by atoms with Gasteiger partial charge < -0.3 is 9.84 Å². The van der Waals surface area contributed by atoms with Gasteiger partial charge in [-0.1, -0.05) is 31.8 Å². The van der Waals surface area contributed by atoms with Crippen LogP contribution in [0.15, 0.2) is 4.52 Å². The van der Waals surface area contributed by atoms with Gasteiger partial charge in [0.2, 0.25) is 5.89 Å². The van der Waals surface area contributed by atoms with Gasteiger partial charge in [-0.2, -0.15) is 16.7 Å². The molecule has 1 saturated carbocycles. The summed E-state index contributed by atoms with van der Waals surface area (Å²) in [6.45, 7) is 5.42. The molecule has 0 radical (unpaired) electrons. The molecule has 4 nitrogen and oxygen atoms in total. The normalized spacial score (nSPS) is 23.1. The average Bonchev–Trinajstić information content (AvgIpc) is 2.89. The molecule has 2 unspecified atom stereocenters. The Morgan fingerprint density at radius 3 is 2.95 bits per heavy atom. The molecule has 0 aromatic carbocycles. The molecule has 1 heterocycles. The lowest BCUT2D eigenvalue weighted by Gasteiger charge is -2.31. The highest BCUT2D eigenvalue weighted by Crippen LogP contribution is 2.27.